The molecule has 0 aliphatic carbocycles. The van der Waals surface area contributed by atoms with Crippen LogP contribution in [-0.4, -0.2) is 10.1 Å². The maximum absolute atomic E-state index is 9.09. The Kier molecular flexibility index (Phi) is 4.30. The van der Waals surface area contributed by atoms with Gasteiger partial charge in [-0.3, -0.25) is 0 Å². The van der Waals surface area contributed by atoms with Crippen molar-refractivity contribution >= 4 is 34.8 Å². The van der Waals surface area contributed by atoms with Crippen molar-refractivity contribution in [3.8, 4) is 11.6 Å². The Bertz CT molecular complexity index is 555. The SMILES string of the molecule is OCc1cc(Oc2cc(Cl)cc(Cl)c2)ncc1Cl. The molecule has 0 radical (unpaired) electrons. The van der Waals surface area contributed by atoms with E-state index in [2.05, 4.69) is 4.98 Å². The molecule has 0 spiro atoms. The van der Waals surface area contributed by atoms with Crippen molar-refractivity contribution in [2.45, 2.75) is 6.61 Å². The summed E-state index contributed by atoms with van der Waals surface area (Å²) in [5.74, 6) is 0.771. The van der Waals surface area contributed by atoms with Crippen molar-refractivity contribution in [3.63, 3.8) is 0 Å². The van der Waals surface area contributed by atoms with Gasteiger partial charge in [0.25, 0.3) is 0 Å². The molecule has 0 amide bonds. The van der Waals surface area contributed by atoms with Crippen LogP contribution in [0.2, 0.25) is 15.1 Å². The summed E-state index contributed by atoms with van der Waals surface area (Å²) in [4.78, 5) is 3.99. The highest BCUT2D eigenvalue weighted by Crippen LogP contribution is 2.28. The summed E-state index contributed by atoms with van der Waals surface area (Å²) in [6.07, 6.45) is 1.41. The van der Waals surface area contributed by atoms with Crippen molar-refractivity contribution in [3.05, 3.63) is 51.1 Å². The lowest BCUT2D eigenvalue weighted by atomic mass is 10.3. The van der Waals surface area contributed by atoms with E-state index >= 15 is 0 Å². The third kappa shape index (κ3) is 3.27. The fraction of sp³-hybridized carbons (Fsp3) is 0.0833. The van der Waals surface area contributed by atoms with Crippen molar-refractivity contribution in [1.29, 1.82) is 0 Å². The highest BCUT2D eigenvalue weighted by Gasteiger charge is 2.06. The van der Waals surface area contributed by atoms with Crippen molar-refractivity contribution in [1.82, 2.24) is 4.98 Å². The molecule has 0 unspecified atom stereocenters. The zero-order valence-electron chi connectivity index (χ0n) is 9.03. The molecule has 94 valence electrons. The number of pyridine rings is 1. The number of aromatic nitrogens is 1. The summed E-state index contributed by atoms with van der Waals surface area (Å²) < 4.78 is 5.49. The molecule has 1 aromatic heterocycles. The summed E-state index contributed by atoms with van der Waals surface area (Å²) in [5, 5.41) is 10.4. The summed E-state index contributed by atoms with van der Waals surface area (Å²) in [6, 6.07) is 6.38. The van der Waals surface area contributed by atoms with E-state index in [1.54, 1.807) is 24.3 Å². The number of nitrogens with zero attached hydrogens (tertiary/aromatic N) is 1. The van der Waals surface area contributed by atoms with E-state index in [1.807, 2.05) is 0 Å². The molecule has 1 aromatic carbocycles. The average Bonchev–Trinajstić information content (AvgIpc) is 2.30. The number of aliphatic hydroxyl groups is 1. The van der Waals surface area contributed by atoms with Crippen LogP contribution in [0, 0.1) is 0 Å². The van der Waals surface area contributed by atoms with Crippen LogP contribution < -0.4 is 4.74 Å². The largest absolute Gasteiger partial charge is 0.439 e. The first-order valence-corrected chi connectivity index (χ1v) is 6.11. The van der Waals surface area contributed by atoms with Gasteiger partial charge in [0, 0.05) is 27.9 Å². The van der Waals surface area contributed by atoms with Crippen LogP contribution in [0.1, 0.15) is 5.56 Å². The van der Waals surface area contributed by atoms with Crippen LogP contribution in [0.3, 0.4) is 0 Å². The second-order valence-electron chi connectivity index (χ2n) is 3.48. The van der Waals surface area contributed by atoms with Crippen molar-refractivity contribution in [2.75, 3.05) is 0 Å². The van der Waals surface area contributed by atoms with Crippen LogP contribution in [-0.2, 0) is 6.61 Å². The molecular weight excluding hydrogens is 296 g/mol. The first-order chi connectivity index (χ1) is 8.58. The van der Waals surface area contributed by atoms with Crippen LogP contribution >= 0.6 is 34.8 Å². The van der Waals surface area contributed by atoms with Crippen LogP contribution in [0.5, 0.6) is 11.6 Å². The highest BCUT2D eigenvalue weighted by molar-refractivity contribution is 6.34. The molecule has 0 aliphatic heterocycles. The molecular formula is C12H8Cl3NO2. The smallest absolute Gasteiger partial charge is 0.219 e. The Morgan fingerprint density at radius 1 is 1.06 bits per heavy atom. The van der Waals surface area contributed by atoms with E-state index < -0.39 is 0 Å². The average molecular weight is 305 g/mol. The summed E-state index contributed by atoms with van der Waals surface area (Å²) >= 11 is 17.5. The minimum absolute atomic E-state index is 0.186. The maximum Gasteiger partial charge on any atom is 0.219 e. The van der Waals surface area contributed by atoms with Gasteiger partial charge in [-0.25, -0.2) is 4.98 Å². The maximum atomic E-state index is 9.09. The predicted molar refractivity (Wildman–Crippen MR) is 71.7 cm³/mol. The number of hydrogen-bond acceptors (Lipinski definition) is 3. The highest BCUT2D eigenvalue weighted by atomic mass is 35.5. The van der Waals surface area contributed by atoms with Gasteiger partial charge in [-0.1, -0.05) is 34.8 Å². The molecule has 1 heterocycles. The molecule has 0 atom stereocenters. The third-order valence-electron chi connectivity index (χ3n) is 2.14. The normalized spacial score (nSPS) is 10.4. The molecule has 0 aliphatic rings. The Morgan fingerprint density at radius 2 is 1.72 bits per heavy atom. The Labute approximate surface area is 119 Å². The zero-order chi connectivity index (χ0) is 13.1. The molecule has 0 saturated heterocycles. The number of hydrogen-bond donors (Lipinski definition) is 1. The van der Waals surface area contributed by atoms with Gasteiger partial charge in [-0.2, -0.15) is 0 Å². The molecule has 3 nitrogen and oxygen atoms in total. The first kappa shape index (κ1) is 13.4. The molecule has 18 heavy (non-hydrogen) atoms. The molecule has 0 bridgehead atoms. The van der Waals surface area contributed by atoms with Crippen molar-refractivity contribution in [2.24, 2.45) is 0 Å². The van der Waals surface area contributed by atoms with E-state index in [1.165, 1.54) is 6.20 Å². The van der Waals surface area contributed by atoms with Gasteiger partial charge < -0.3 is 9.84 Å². The Morgan fingerprint density at radius 3 is 2.33 bits per heavy atom. The van der Waals surface area contributed by atoms with Gasteiger partial charge in [0.05, 0.1) is 11.6 Å². The number of rotatable bonds is 3. The van der Waals surface area contributed by atoms with E-state index in [-0.39, 0.29) is 6.61 Å². The van der Waals surface area contributed by atoms with Gasteiger partial charge in [-0.05, 0) is 18.2 Å². The molecule has 6 heteroatoms. The fourth-order valence-corrected chi connectivity index (χ4v) is 2.01. The van der Waals surface area contributed by atoms with Crippen LogP contribution in [0.4, 0.5) is 0 Å². The van der Waals surface area contributed by atoms with E-state index in [0.29, 0.717) is 32.3 Å². The number of ether oxygens (including phenoxy) is 1. The minimum atomic E-state index is -0.186. The molecule has 1 N–H and O–H groups in total. The second kappa shape index (κ2) is 5.76. The van der Waals surface area contributed by atoms with Crippen molar-refractivity contribution < 1.29 is 9.84 Å². The second-order valence-corrected chi connectivity index (χ2v) is 4.76. The van der Waals surface area contributed by atoms with Crippen LogP contribution in [0.15, 0.2) is 30.5 Å². The minimum Gasteiger partial charge on any atom is -0.439 e. The van der Waals surface area contributed by atoms with Crippen LogP contribution in [0.25, 0.3) is 0 Å². The number of benzene rings is 1. The molecule has 0 fully saturated rings. The Hall–Kier alpha value is -1.00. The quantitative estimate of drug-likeness (QED) is 0.918. The van der Waals surface area contributed by atoms with E-state index in [0.717, 1.165) is 0 Å². The first-order valence-electron chi connectivity index (χ1n) is 4.97. The van der Waals surface area contributed by atoms with E-state index in [9.17, 15) is 0 Å². The van der Waals surface area contributed by atoms with E-state index in [4.69, 9.17) is 44.6 Å². The summed E-state index contributed by atoms with van der Waals surface area (Å²) in [6.45, 7) is -0.186. The summed E-state index contributed by atoms with van der Waals surface area (Å²) in [5.41, 5.74) is 0.537. The lowest BCUT2D eigenvalue weighted by molar-refractivity contribution is 0.281. The molecule has 0 saturated carbocycles. The monoisotopic (exact) mass is 303 g/mol. The van der Waals surface area contributed by atoms with Gasteiger partial charge >= 0.3 is 0 Å². The predicted octanol–water partition coefficient (Wildman–Crippen LogP) is 4.33. The standard InChI is InChI=1S/C12H8Cl3NO2/c13-8-2-9(14)4-10(3-8)18-12-1-7(6-17)11(15)5-16-12/h1-5,17H,6H2. The lowest BCUT2D eigenvalue weighted by Crippen LogP contribution is -1.92. The van der Waals surface area contributed by atoms with Gasteiger partial charge in [-0.15, -0.1) is 0 Å². The zero-order valence-corrected chi connectivity index (χ0v) is 11.3. The van der Waals surface area contributed by atoms with Gasteiger partial charge in [0.2, 0.25) is 5.88 Å². The summed E-state index contributed by atoms with van der Waals surface area (Å²) in [7, 11) is 0. The molecule has 2 aromatic rings. The Balaban J connectivity index is 2.28. The van der Waals surface area contributed by atoms with Gasteiger partial charge in [0.15, 0.2) is 0 Å². The molecule has 2 rings (SSSR count). The van der Waals surface area contributed by atoms with Gasteiger partial charge in [0.1, 0.15) is 5.75 Å². The topological polar surface area (TPSA) is 42.4 Å². The number of halogens is 3. The lowest BCUT2D eigenvalue weighted by Gasteiger charge is -2.07. The third-order valence-corrected chi connectivity index (χ3v) is 2.92. The number of aliphatic hydroxyl groups excluding tert-OH is 1. The fourth-order valence-electron chi connectivity index (χ4n) is 1.34.